The molecule has 1 aromatic carbocycles. The van der Waals surface area contributed by atoms with Crippen LogP contribution in [-0.2, 0) is 40.0 Å². The fourth-order valence-electron chi connectivity index (χ4n) is 7.61. The van der Waals surface area contributed by atoms with Gasteiger partial charge in [-0.05, 0) is 89.0 Å². The van der Waals surface area contributed by atoms with Crippen LogP contribution in [0.3, 0.4) is 0 Å². The number of carbonyl (C=O) groups excluding carboxylic acids is 7. The van der Waals surface area contributed by atoms with Gasteiger partial charge in [0, 0.05) is 43.5 Å². The van der Waals surface area contributed by atoms with Crippen LogP contribution in [0.15, 0.2) is 18.2 Å². The number of carbonyl (C=O) groups is 7. The van der Waals surface area contributed by atoms with Gasteiger partial charge in [-0.25, -0.2) is 4.39 Å². The van der Waals surface area contributed by atoms with Crippen molar-refractivity contribution in [3.8, 4) is 0 Å². The maximum atomic E-state index is 14.6. The topological polar surface area (TPSA) is 177 Å². The number of amides is 7. The van der Waals surface area contributed by atoms with Gasteiger partial charge in [0.05, 0.1) is 6.54 Å². The third-order valence-corrected chi connectivity index (χ3v) is 12.0. The summed E-state index contributed by atoms with van der Waals surface area (Å²) in [7, 11) is 2.69. The van der Waals surface area contributed by atoms with Crippen molar-refractivity contribution in [2.45, 2.75) is 134 Å². The number of halogens is 6. The molecule has 6 atom stereocenters. The number of nitrogens with one attached hydrogen (secondary N) is 4. The van der Waals surface area contributed by atoms with Crippen molar-refractivity contribution < 1.29 is 51.1 Å². The van der Waals surface area contributed by atoms with Crippen molar-refractivity contribution in [3.05, 3.63) is 33.8 Å². The number of nitrogens with zero attached hydrogens (tertiary/aromatic N) is 3. The van der Waals surface area contributed by atoms with Crippen LogP contribution in [0.25, 0.3) is 0 Å². The van der Waals surface area contributed by atoms with Crippen LogP contribution in [0.4, 0.5) is 17.6 Å². The zero-order chi connectivity index (χ0) is 45.1. The molecular formula is C40H55Cl2F4N7O7. The molecule has 1 aromatic rings. The molecule has 60 heavy (non-hydrogen) atoms. The average molecular weight is 893 g/mol. The number of rotatable bonds is 9. The second-order valence-corrected chi connectivity index (χ2v) is 17.9. The minimum Gasteiger partial charge on any atom is -0.354 e. The van der Waals surface area contributed by atoms with E-state index in [1.165, 1.54) is 39.8 Å². The van der Waals surface area contributed by atoms with E-state index >= 15 is 0 Å². The zero-order valence-corrected chi connectivity index (χ0v) is 36.3. The van der Waals surface area contributed by atoms with E-state index in [4.69, 9.17) is 23.2 Å². The first kappa shape index (κ1) is 48.5. The lowest BCUT2D eigenvalue weighted by molar-refractivity contribution is -0.199. The highest BCUT2D eigenvalue weighted by molar-refractivity contribution is 6.33. The lowest BCUT2D eigenvalue weighted by atomic mass is 9.97. The van der Waals surface area contributed by atoms with Crippen molar-refractivity contribution in [2.24, 2.45) is 11.3 Å². The molecule has 4 N–H and O–H groups in total. The quantitative estimate of drug-likeness (QED) is 0.274. The van der Waals surface area contributed by atoms with Gasteiger partial charge in [-0.3, -0.25) is 33.6 Å². The fraction of sp³-hybridized carbons (Fsp3) is 0.675. The molecule has 3 fully saturated rings. The van der Waals surface area contributed by atoms with E-state index in [9.17, 15) is 51.1 Å². The van der Waals surface area contributed by atoms with E-state index < -0.39 is 121 Å². The standard InChI is InChI=1S/C40H55Cl2F4N7O7/c1-21(2)16-27-35(58)52(7)29(18-23-17-24(41)11-12-26(23)42)33(56)50-38(4,5)36(59)47-15-9-8-10-28(31(54)49-27)51(6)34(57)22(3)48-32(55)30-19-25(43)20-53(30)37(60)39(13-14-39)40(44,45)46/h11-12,17,21-22,25,27-30H,8-10,13-16,18-20H2,1-7H3,(H,47,59)(H,48,55)(H,49,54)(H,50,56)/t22-,25+,27-,28-,29-,30-/m0/s1. The van der Waals surface area contributed by atoms with Gasteiger partial charge < -0.3 is 36.0 Å². The minimum atomic E-state index is -4.88. The number of likely N-dealkylation sites (tertiary alicyclic amines) is 1. The molecule has 1 aliphatic carbocycles. The summed E-state index contributed by atoms with van der Waals surface area (Å²) in [6, 6.07) is -2.01. The molecule has 334 valence electrons. The molecule has 14 nitrogen and oxygen atoms in total. The molecule has 0 aromatic heterocycles. The number of likely N-dealkylation sites (N-methyl/N-ethyl adjacent to an activating group) is 2. The molecule has 3 aliphatic rings. The van der Waals surface area contributed by atoms with Crippen LogP contribution < -0.4 is 21.3 Å². The van der Waals surface area contributed by atoms with E-state index in [2.05, 4.69) is 21.3 Å². The summed E-state index contributed by atoms with van der Waals surface area (Å²) in [6.45, 7) is 7.38. The maximum absolute atomic E-state index is 14.6. The summed E-state index contributed by atoms with van der Waals surface area (Å²) in [5.41, 5.74) is -3.66. The van der Waals surface area contributed by atoms with E-state index in [-0.39, 0.29) is 43.2 Å². The first-order valence-corrected chi connectivity index (χ1v) is 20.8. The summed E-state index contributed by atoms with van der Waals surface area (Å²) in [6.07, 6.45) is -7.50. The summed E-state index contributed by atoms with van der Waals surface area (Å²) < 4.78 is 55.9. The van der Waals surface area contributed by atoms with Crippen LogP contribution in [0, 0.1) is 11.3 Å². The van der Waals surface area contributed by atoms with Crippen LogP contribution >= 0.6 is 23.2 Å². The van der Waals surface area contributed by atoms with Crippen molar-refractivity contribution in [2.75, 3.05) is 27.2 Å². The highest BCUT2D eigenvalue weighted by Crippen LogP contribution is 2.59. The normalized spacial score (nSPS) is 25.9. The van der Waals surface area contributed by atoms with Gasteiger partial charge in [0.25, 0.3) is 0 Å². The van der Waals surface area contributed by atoms with Gasteiger partial charge in [-0.2, -0.15) is 13.2 Å². The van der Waals surface area contributed by atoms with Gasteiger partial charge in [0.2, 0.25) is 41.4 Å². The van der Waals surface area contributed by atoms with Gasteiger partial charge in [-0.1, -0.05) is 37.0 Å². The number of benzene rings is 1. The second kappa shape index (κ2) is 19.2. The Morgan fingerprint density at radius 3 is 2.28 bits per heavy atom. The molecule has 0 spiro atoms. The molecule has 1 saturated carbocycles. The highest BCUT2D eigenvalue weighted by Gasteiger charge is 2.70. The Morgan fingerprint density at radius 1 is 1.03 bits per heavy atom. The third kappa shape index (κ3) is 11.2. The molecule has 2 heterocycles. The molecule has 2 saturated heterocycles. The van der Waals surface area contributed by atoms with E-state index in [0.29, 0.717) is 21.9 Å². The van der Waals surface area contributed by atoms with Crippen molar-refractivity contribution >= 4 is 64.6 Å². The molecular weight excluding hydrogens is 837 g/mol. The first-order valence-electron chi connectivity index (χ1n) is 20.0. The predicted octanol–water partition coefficient (Wildman–Crippen LogP) is 3.70. The molecule has 0 unspecified atom stereocenters. The Kier molecular flexibility index (Phi) is 15.5. The van der Waals surface area contributed by atoms with Gasteiger partial charge in [-0.15, -0.1) is 0 Å². The van der Waals surface area contributed by atoms with Crippen LogP contribution in [0.5, 0.6) is 0 Å². The van der Waals surface area contributed by atoms with E-state index in [0.717, 1.165) is 4.90 Å². The monoisotopic (exact) mass is 891 g/mol. The van der Waals surface area contributed by atoms with Gasteiger partial charge in [0.1, 0.15) is 47.3 Å². The molecule has 20 heteroatoms. The Hall–Kier alpha value is -4.19. The van der Waals surface area contributed by atoms with E-state index in [1.54, 1.807) is 18.2 Å². The minimum absolute atomic E-state index is 0.0347. The van der Waals surface area contributed by atoms with Crippen LogP contribution in [0.2, 0.25) is 10.0 Å². The Labute approximate surface area is 357 Å². The molecule has 0 radical (unpaired) electrons. The van der Waals surface area contributed by atoms with E-state index in [1.807, 2.05) is 13.8 Å². The molecule has 7 amide bonds. The van der Waals surface area contributed by atoms with Crippen molar-refractivity contribution in [1.82, 2.24) is 36.0 Å². The average Bonchev–Trinajstić information content (AvgIpc) is 3.89. The second-order valence-electron chi connectivity index (χ2n) is 17.0. The highest BCUT2D eigenvalue weighted by atomic mass is 35.5. The maximum Gasteiger partial charge on any atom is 0.403 e. The SMILES string of the molecule is CC(C)C[C@@H]1NC(=O)[C@@H](N(C)C(=O)[C@H](C)NC(=O)[C@@H]2C[C@@H](F)CN2C(=O)C2(C(F)(F)F)CC2)CCCCNC(=O)C(C)(C)NC(=O)[C@H](Cc2cc(Cl)ccc2Cl)N(C)C1=O. The lowest BCUT2D eigenvalue weighted by Gasteiger charge is -2.36. The van der Waals surface area contributed by atoms with Crippen LogP contribution in [0.1, 0.15) is 85.1 Å². The van der Waals surface area contributed by atoms with Crippen molar-refractivity contribution in [1.29, 1.82) is 0 Å². The summed E-state index contributed by atoms with van der Waals surface area (Å²) in [5, 5.41) is 11.3. The largest absolute Gasteiger partial charge is 0.403 e. The Morgan fingerprint density at radius 2 is 1.68 bits per heavy atom. The summed E-state index contributed by atoms with van der Waals surface area (Å²) >= 11 is 12.7. The Bertz CT molecular complexity index is 1830. The lowest BCUT2D eigenvalue weighted by Crippen LogP contribution is -2.62. The van der Waals surface area contributed by atoms with Gasteiger partial charge >= 0.3 is 6.18 Å². The fourth-order valence-corrected chi connectivity index (χ4v) is 8.00. The number of hydrogen-bond acceptors (Lipinski definition) is 7. The summed E-state index contributed by atoms with van der Waals surface area (Å²) in [4.78, 5) is 99.1. The van der Waals surface area contributed by atoms with Crippen LogP contribution in [-0.4, -0.2) is 131 Å². The molecule has 4 rings (SSSR count). The Balaban J connectivity index is 1.60. The summed E-state index contributed by atoms with van der Waals surface area (Å²) in [5.74, 6) is -5.95. The predicted molar refractivity (Wildman–Crippen MR) is 214 cm³/mol. The van der Waals surface area contributed by atoms with Gasteiger partial charge in [0.15, 0.2) is 0 Å². The number of hydrogen-bond donors (Lipinski definition) is 4. The third-order valence-electron chi connectivity index (χ3n) is 11.4. The van der Waals surface area contributed by atoms with Crippen molar-refractivity contribution in [3.63, 3.8) is 0 Å². The first-order chi connectivity index (χ1) is 27.8. The number of alkyl halides is 4. The molecule has 0 bridgehead atoms. The smallest absolute Gasteiger partial charge is 0.354 e. The zero-order valence-electron chi connectivity index (χ0n) is 34.8. The molecule has 2 aliphatic heterocycles.